The highest BCUT2D eigenvalue weighted by atomic mass is 32.2. The van der Waals surface area contributed by atoms with Crippen molar-refractivity contribution in [2.75, 3.05) is 7.05 Å². The minimum absolute atomic E-state index is 0.0159. The van der Waals surface area contributed by atoms with Gasteiger partial charge in [-0.25, -0.2) is 4.39 Å². The van der Waals surface area contributed by atoms with Crippen LogP contribution in [0.1, 0.15) is 5.56 Å². The molecule has 0 atom stereocenters. The van der Waals surface area contributed by atoms with Crippen LogP contribution in [0.5, 0.6) is 0 Å². The fraction of sp³-hybridized carbons (Fsp3) is 0.0526. The van der Waals surface area contributed by atoms with Crippen molar-refractivity contribution in [3.63, 3.8) is 0 Å². The lowest BCUT2D eigenvalue weighted by Gasteiger charge is -2.12. The maximum absolute atomic E-state index is 14.2. The van der Waals surface area contributed by atoms with Crippen molar-refractivity contribution >= 4 is 39.6 Å². The first kappa shape index (κ1) is 18.5. The lowest BCUT2D eigenvalue weighted by Crippen LogP contribution is -2.27. The molecule has 0 unspecified atom stereocenters. The molecule has 6 nitrogen and oxygen atoms in total. The third kappa shape index (κ3) is 3.95. The van der Waals surface area contributed by atoms with Crippen molar-refractivity contribution in [2.45, 2.75) is 4.90 Å². The Labute approximate surface area is 159 Å². The number of hydrogen-bond acceptors (Lipinski definition) is 6. The molecule has 0 aliphatic carbocycles. The molecule has 2 aromatic heterocycles. The van der Waals surface area contributed by atoms with Crippen molar-refractivity contribution in [3.8, 4) is 0 Å². The van der Waals surface area contributed by atoms with Crippen LogP contribution in [0.15, 0.2) is 59.9 Å². The molecular weight excluding hydrogens is 363 g/mol. The van der Waals surface area contributed by atoms with Gasteiger partial charge in [0.1, 0.15) is 0 Å². The lowest BCUT2D eigenvalue weighted by atomic mass is 10.1. The number of nitrogens with one attached hydrogen (secondary N) is 4. The Bertz CT molecular complexity index is 1120. The molecule has 8 heteroatoms. The Morgan fingerprint density at radius 3 is 2.85 bits per heavy atom. The maximum atomic E-state index is 14.2. The summed E-state index contributed by atoms with van der Waals surface area (Å²) in [4.78, 5) is 5.05. The van der Waals surface area contributed by atoms with Gasteiger partial charge in [-0.15, -0.1) is 0 Å². The highest BCUT2D eigenvalue weighted by molar-refractivity contribution is 8.13. The van der Waals surface area contributed by atoms with Gasteiger partial charge in [0.25, 0.3) is 0 Å². The van der Waals surface area contributed by atoms with Crippen molar-refractivity contribution in [2.24, 2.45) is 0 Å². The summed E-state index contributed by atoms with van der Waals surface area (Å²) in [6.45, 7) is 0. The SMILES string of the molecule is CN/C=C(\C=N)c1cc(F)c(=N)n(C(=N)Sc2ccc3ncccc3c2)c1. The molecule has 0 aliphatic rings. The lowest BCUT2D eigenvalue weighted by molar-refractivity contribution is 0.590. The van der Waals surface area contributed by atoms with Gasteiger partial charge in [-0.3, -0.25) is 20.4 Å². The van der Waals surface area contributed by atoms with Crippen molar-refractivity contribution in [1.29, 1.82) is 16.2 Å². The maximum Gasteiger partial charge on any atom is 0.171 e. The highest BCUT2D eigenvalue weighted by Crippen LogP contribution is 2.24. The number of thioether (sulfide) groups is 1. The molecule has 27 heavy (non-hydrogen) atoms. The Morgan fingerprint density at radius 1 is 1.30 bits per heavy atom. The van der Waals surface area contributed by atoms with E-state index in [0.29, 0.717) is 11.1 Å². The number of rotatable bonds is 4. The van der Waals surface area contributed by atoms with E-state index < -0.39 is 11.3 Å². The first-order valence-corrected chi connectivity index (χ1v) is 8.82. The van der Waals surface area contributed by atoms with Crippen LogP contribution in [-0.4, -0.2) is 28.0 Å². The Morgan fingerprint density at radius 2 is 2.11 bits per heavy atom. The molecule has 0 amide bonds. The number of fused-ring (bicyclic) bond motifs is 1. The number of pyridine rings is 2. The largest absolute Gasteiger partial charge is 0.393 e. The van der Waals surface area contributed by atoms with Gasteiger partial charge in [0.2, 0.25) is 0 Å². The molecule has 0 saturated carbocycles. The normalized spacial score (nSPS) is 11.4. The van der Waals surface area contributed by atoms with Crippen LogP contribution in [0.25, 0.3) is 16.5 Å². The quantitative estimate of drug-likeness (QED) is 0.317. The Hall–Kier alpha value is -3.26. The van der Waals surface area contributed by atoms with Gasteiger partial charge in [-0.05, 0) is 30.3 Å². The van der Waals surface area contributed by atoms with E-state index >= 15 is 0 Å². The summed E-state index contributed by atoms with van der Waals surface area (Å²) < 4.78 is 15.4. The van der Waals surface area contributed by atoms with Crippen LogP contribution < -0.4 is 10.8 Å². The molecule has 3 rings (SSSR count). The third-order valence-electron chi connectivity index (χ3n) is 3.81. The first-order valence-electron chi connectivity index (χ1n) is 8.00. The molecule has 2 heterocycles. The van der Waals surface area contributed by atoms with Gasteiger partial charge in [-0.2, -0.15) is 0 Å². The average molecular weight is 380 g/mol. The van der Waals surface area contributed by atoms with E-state index in [1.165, 1.54) is 12.3 Å². The van der Waals surface area contributed by atoms with E-state index in [0.717, 1.165) is 38.3 Å². The van der Waals surface area contributed by atoms with Gasteiger partial charge < -0.3 is 10.7 Å². The summed E-state index contributed by atoms with van der Waals surface area (Å²) in [5.41, 5.74) is 1.29. The Kier molecular flexibility index (Phi) is 5.46. The summed E-state index contributed by atoms with van der Waals surface area (Å²) in [5, 5.41) is 27.5. The summed E-state index contributed by atoms with van der Waals surface area (Å²) in [5.74, 6) is -0.760. The van der Waals surface area contributed by atoms with Crippen LogP contribution in [0.4, 0.5) is 4.39 Å². The van der Waals surface area contributed by atoms with Crippen LogP contribution in [0.2, 0.25) is 0 Å². The molecule has 4 N–H and O–H groups in total. The standard InChI is InChI=1S/C19H17FN6S/c1-24-10-14(9-21)13-8-16(20)18(22)26(11-13)19(23)27-15-4-5-17-12(7-15)3-2-6-25-17/h2-11,21-24H,1H3/b14-10+,21-9?,22-18?,23-19?. The van der Waals surface area contributed by atoms with Crippen LogP contribution in [0.3, 0.4) is 0 Å². The summed E-state index contributed by atoms with van der Waals surface area (Å²) in [6.07, 6.45) is 5.85. The Balaban J connectivity index is 1.97. The molecule has 1 aromatic carbocycles. The van der Waals surface area contributed by atoms with Gasteiger partial charge in [0.15, 0.2) is 16.5 Å². The van der Waals surface area contributed by atoms with Gasteiger partial charge in [-0.1, -0.05) is 17.8 Å². The minimum Gasteiger partial charge on any atom is -0.393 e. The second kappa shape index (κ2) is 7.96. The molecule has 0 aliphatic heterocycles. The number of allylic oxidation sites excluding steroid dienone is 1. The van der Waals surface area contributed by atoms with Gasteiger partial charge >= 0.3 is 0 Å². The molecule has 0 saturated heterocycles. The predicted octanol–water partition coefficient (Wildman–Crippen LogP) is 3.44. The van der Waals surface area contributed by atoms with E-state index in [-0.39, 0.29) is 5.17 Å². The number of aromatic nitrogens is 2. The zero-order valence-electron chi connectivity index (χ0n) is 14.5. The smallest absolute Gasteiger partial charge is 0.171 e. The number of halogens is 1. The topological polar surface area (TPSA) is 101 Å². The van der Waals surface area contributed by atoms with Gasteiger partial charge in [0, 0.05) is 53.3 Å². The molecule has 0 radical (unpaired) electrons. The summed E-state index contributed by atoms with van der Waals surface area (Å²) in [6, 6.07) is 10.5. The monoisotopic (exact) mass is 380 g/mol. The third-order valence-corrected chi connectivity index (χ3v) is 4.69. The van der Waals surface area contributed by atoms with E-state index in [1.807, 2.05) is 30.3 Å². The second-order valence-corrected chi connectivity index (χ2v) is 6.66. The van der Waals surface area contributed by atoms with Crippen LogP contribution >= 0.6 is 11.8 Å². The van der Waals surface area contributed by atoms with E-state index in [4.69, 9.17) is 16.2 Å². The molecule has 0 fully saturated rings. The first-order chi connectivity index (χ1) is 13.0. The molecule has 0 bridgehead atoms. The molecule has 0 spiro atoms. The fourth-order valence-electron chi connectivity index (χ4n) is 2.52. The van der Waals surface area contributed by atoms with Crippen molar-refractivity contribution in [1.82, 2.24) is 14.9 Å². The highest BCUT2D eigenvalue weighted by Gasteiger charge is 2.11. The average Bonchev–Trinajstić information content (AvgIpc) is 2.68. The number of benzene rings is 1. The van der Waals surface area contributed by atoms with Gasteiger partial charge in [0.05, 0.1) is 5.52 Å². The fourth-order valence-corrected chi connectivity index (χ4v) is 3.31. The minimum atomic E-state index is -0.760. The van der Waals surface area contributed by atoms with E-state index in [1.54, 1.807) is 19.4 Å². The summed E-state index contributed by atoms with van der Waals surface area (Å²) in [7, 11) is 1.68. The molecule has 136 valence electrons. The zero-order valence-corrected chi connectivity index (χ0v) is 15.3. The second-order valence-electron chi connectivity index (χ2n) is 5.59. The summed E-state index contributed by atoms with van der Waals surface area (Å²) >= 11 is 1.12. The number of nitrogens with zero attached hydrogens (tertiary/aromatic N) is 2. The predicted molar refractivity (Wildman–Crippen MR) is 107 cm³/mol. The number of hydrogen-bond donors (Lipinski definition) is 4. The molecular formula is C19H17FN6S. The molecule has 3 aromatic rings. The van der Waals surface area contributed by atoms with Crippen LogP contribution in [-0.2, 0) is 0 Å². The van der Waals surface area contributed by atoms with Crippen LogP contribution in [0, 0.1) is 22.0 Å². The van der Waals surface area contributed by atoms with E-state index in [2.05, 4.69) is 10.3 Å². The van der Waals surface area contributed by atoms with Crippen molar-refractivity contribution < 1.29 is 4.39 Å². The van der Waals surface area contributed by atoms with Crippen molar-refractivity contribution in [3.05, 3.63) is 71.9 Å². The zero-order chi connectivity index (χ0) is 19.4. The van der Waals surface area contributed by atoms with E-state index in [9.17, 15) is 4.39 Å².